The van der Waals surface area contributed by atoms with Crippen LogP contribution in [0.1, 0.15) is 60.8 Å². The minimum Gasteiger partial charge on any atom is -0.462 e. The second kappa shape index (κ2) is 22.5. The quantitative estimate of drug-likeness (QED) is 0.0523. The minimum atomic E-state index is -2.05. The maximum Gasteiger partial charge on any atom is 0.314 e. The Morgan fingerprint density at radius 3 is 1.70 bits per heavy atom. The van der Waals surface area contributed by atoms with E-state index in [0.29, 0.717) is 38.4 Å². The van der Waals surface area contributed by atoms with Gasteiger partial charge in [-0.3, -0.25) is 4.79 Å². The van der Waals surface area contributed by atoms with Crippen molar-refractivity contribution in [2.75, 3.05) is 13.2 Å². The summed E-state index contributed by atoms with van der Waals surface area (Å²) < 4.78 is 19.5. The molecule has 54 heavy (non-hydrogen) atoms. The first kappa shape index (κ1) is 48.8. The van der Waals surface area contributed by atoms with Crippen molar-refractivity contribution < 1.29 is 40.2 Å². The number of carbonyl (C=O) groups excluding carboxylic acids is 2. The Morgan fingerprint density at radius 2 is 1.24 bits per heavy atom. The zero-order valence-electron chi connectivity index (χ0n) is 34.2. The van der Waals surface area contributed by atoms with Gasteiger partial charge in [-0.2, -0.15) is 0 Å². The van der Waals surface area contributed by atoms with Gasteiger partial charge >= 0.3 is 5.97 Å². The molecular formula is C45H63FeO5PSi2. The van der Waals surface area contributed by atoms with Gasteiger partial charge in [-0.25, -0.2) is 0 Å². The average molecular weight is 827 g/mol. The van der Waals surface area contributed by atoms with Crippen molar-refractivity contribution in [3.63, 3.8) is 0 Å². The average Bonchev–Trinajstić information content (AvgIpc) is 3.83. The summed E-state index contributed by atoms with van der Waals surface area (Å²) in [5.74, 6) is 0.132. The SMILES string of the molecule is C=C(CO[Si](C)(C)C(C)(C)C)C[C@H](C[C@@H](CC=O)CO[Si](C)(C)C(C)(C)C)OC(=O)[C]1[CH][CH][CH][C]1P(c1ccccc1)c1ccccc1.[CH]1[CH][CH][CH][CH]1.[Fe]. The fourth-order valence-corrected chi connectivity index (χ4v) is 9.75. The maximum absolute atomic E-state index is 14.2. The monoisotopic (exact) mass is 826 g/mol. The van der Waals surface area contributed by atoms with Gasteiger partial charge in [0.25, 0.3) is 0 Å². The molecule has 2 aliphatic carbocycles. The van der Waals surface area contributed by atoms with Crippen LogP contribution < -0.4 is 10.6 Å². The van der Waals surface area contributed by atoms with Crippen LogP contribution in [0.25, 0.3) is 0 Å². The van der Waals surface area contributed by atoms with E-state index in [4.69, 9.17) is 13.6 Å². The second-order valence-corrected chi connectivity index (χ2v) is 28.7. The molecule has 0 bridgehead atoms. The summed E-state index contributed by atoms with van der Waals surface area (Å²) in [5.41, 5.74) is 1.85. The Kier molecular flexibility index (Phi) is 20.4. The van der Waals surface area contributed by atoms with Gasteiger partial charge in [-0.05, 0) is 124 Å². The zero-order valence-corrected chi connectivity index (χ0v) is 38.2. The first-order valence-corrected chi connectivity index (χ1v) is 25.9. The number of ether oxygens (including phenoxy) is 1. The van der Waals surface area contributed by atoms with E-state index in [9.17, 15) is 9.59 Å². The first-order chi connectivity index (χ1) is 24.9. The molecule has 0 N–H and O–H groups in total. The molecule has 0 heterocycles. The first-order valence-electron chi connectivity index (χ1n) is 18.8. The standard InChI is InChI=1S/C40H58O5PSi2.C5H5.Fe/c1-31(29-43-47(8,9)39(2,3)4)27-33(28-32(25-26-41)30-44-48(10,11)40(5,6)7)45-38(42)36-23-18-24-37(36)46(34-19-14-12-15-20-34)35-21-16-13-17-22-35;1-2-4-5-3-1;/h12-24,26,32-33H,1,25,27-30H2,2-11H3;1-5H;/t32-,33-;;/m1../s1. The van der Waals surface area contributed by atoms with E-state index >= 15 is 0 Å². The van der Waals surface area contributed by atoms with Gasteiger partial charge in [0.15, 0.2) is 16.6 Å². The van der Waals surface area contributed by atoms with Gasteiger partial charge in [-0.1, -0.05) is 109 Å². The number of esters is 1. The van der Waals surface area contributed by atoms with Gasteiger partial charge in [0.2, 0.25) is 0 Å². The summed E-state index contributed by atoms with van der Waals surface area (Å²) >= 11 is 0. The summed E-state index contributed by atoms with van der Waals surface area (Å²) in [7, 11) is -5.03. The molecule has 0 saturated heterocycles. The van der Waals surface area contributed by atoms with Crippen molar-refractivity contribution in [2.24, 2.45) is 5.92 Å². The molecule has 9 heteroatoms. The predicted molar refractivity (Wildman–Crippen MR) is 229 cm³/mol. The summed E-state index contributed by atoms with van der Waals surface area (Å²) in [5, 5.41) is 2.45. The summed E-state index contributed by atoms with van der Waals surface area (Å²) in [6.07, 6.45) is 17.6. The van der Waals surface area contributed by atoms with Crippen LogP contribution in [0, 0.1) is 68.9 Å². The van der Waals surface area contributed by atoms with E-state index in [1.54, 1.807) is 0 Å². The maximum atomic E-state index is 14.2. The van der Waals surface area contributed by atoms with Crippen molar-refractivity contribution in [1.82, 2.24) is 0 Å². The van der Waals surface area contributed by atoms with Crippen molar-refractivity contribution in [2.45, 2.75) is 103 Å². The molecule has 0 amide bonds. The van der Waals surface area contributed by atoms with E-state index in [0.717, 1.165) is 17.5 Å². The fraction of sp³-hybridized carbons (Fsp3) is 0.422. The van der Waals surface area contributed by atoms with Crippen LogP contribution in [0.15, 0.2) is 72.8 Å². The van der Waals surface area contributed by atoms with Crippen LogP contribution in [0.3, 0.4) is 0 Å². The molecule has 4 rings (SSSR count). The Balaban J connectivity index is 0.00000155. The van der Waals surface area contributed by atoms with Crippen LogP contribution in [-0.2, 0) is 40.2 Å². The number of benzene rings is 2. The van der Waals surface area contributed by atoms with Crippen LogP contribution in [0.2, 0.25) is 36.3 Å². The van der Waals surface area contributed by atoms with Gasteiger partial charge in [0, 0.05) is 42.2 Å². The van der Waals surface area contributed by atoms with Crippen molar-refractivity contribution >= 4 is 47.4 Å². The predicted octanol–water partition coefficient (Wildman–Crippen LogP) is 10.4. The van der Waals surface area contributed by atoms with E-state index in [2.05, 4.69) is 98.6 Å². The Morgan fingerprint density at radius 1 is 0.759 bits per heavy atom. The summed E-state index contributed by atoms with van der Waals surface area (Å²) in [4.78, 5) is 26.0. The van der Waals surface area contributed by atoms with Gasteiger partial charge < -0.3 is 18.4 Å². The minimum absolute atomic E-state index is 0. The van der Waals surface area contributed by atoms with Gasteiger partial charge in [0.05, 0.1) is 6.61 Å². The fourth-order valence-electron chi connectivity index (χ4n) is 5.23. The topological polar surface area (TPSA) is 61.8 Å². The van der Waals surface area contributed by atoms with Gasteiger partial charge in [0.1, 0.15) is 18.3 Å². The molecular weight excluding hydrogens is 763 g/mol. The Bertz CT molecular complexity index is 1360. The van der Waals surface area contributed by atoms with Crippen molar-refractivity contribution in [3.8, 4) is 0 Å². The molecule has 0 spiro atoms. The molecule has 294 valence electrons. The van der Waals surface area contributed by atoms with Crippen LogP contribution in [0.5, 0.6) is 0 Å². The molecule has 2 aromatic rings. The second-order valence-electron chi connectivity index (χ2n) is 16.9. The molecule has 0 aliphatic heterocycles. The molecule has 5 nitrogen and oxygen atoms in total. The Labute approximate surface area is 344 Å². The third-order valence-corrected chi connectivity index (χ3v) is 22.1. The number of aldehydes is 1. The molecule has 0 unspecified atom stereocenters. The summed E-state index contributed by atoms with van der Waals surface area (Å²) in [6.45, 7) is 27.4. The smallest absolute Gasteiger partial charge is 0.314 e. The number of carbonyl (C=O) groups is 2. The molecule has 10 radical (unpaired) electrons. The zero-order chi connectivity index (χ0) is 39.3. The largest absolute Gasteiger partial charge is 0.462 e. The van der Waals surface area contributed by atoms with E-state index < -0.39 is 30.7 Å². The van der Waals surface area contributed by atoms with Crippen molar-refractivity contribution in [3.05, 3.63) is 136 Å². The molecule has 2 atom stereocenters. The molecule has 2 fully saturated rings. The van der Waals surface area contributed by atoms with E-state index in [1.165, 1.54) is 10.6 Å². The van der Waals surface area contributed by atoms with Crippen LogP contribution >= 0.6 is 7.92 Å². The normalized spacial score (nSPS) is 16.9. The summed E-state index contributed by atoms with van der Waals surface area (Å²) in [6, 6.07) is 20.7. The van der Waals surface area contributed by atoms with Crippen LogP contribution in [0.4, 0.5) is 0 Å². The number of hydrogen-bond acceptors (Lipinski definition) is 5. The Hall–Kier alpha value is -1.38. The number of rotatable bonds is 17. The van der Waals surface area contributed by atoms with Gasteiger partial charge in [-0.15, -0.1) is 0 Å². The molecule has 0 aromatic heterocycles. The molecule has 2 aliphatic rings. The molecule has 2 aromatic carbocycles. The third kappa shape index (κ3) is 15.2. The van der Waals surface area contributed by atoms with Crippen molar-refractivity contribution in [1.29, 1.82) is 0 Å². The third-order valence-electron chi connectivity index (χ3n) is 10.6. The van der Waals surface area contributed by atoms with E-state index in [1.807, 2.05) is 87.8 Å². The molecule has 2 saturated carbocycles. The van der Waals surface area contributed by atoms with E-state index in [-0.39, 0.29) is 39.0 Å². The number of hydrogen-bond donors (Lipinski definition) is 0. The van der Waals surface area contributed by atoms with Crippen LogP contribution in [-0.4, -0.2) is 48.2 Å².